The number of rotatable bonds is 4. The number of cyclic esters (lactones) is 1. The fourth-order valence-corrected chi connectivity index (χ4v) is 11.4. The molecular formula is C29H36O11. The minimum atomic E-state index is -1.77. The maximum atomic E-state index is 13.4. The molecule has 13 atom stereocenters. The molecule has 4 saturated carbocycles. The van der Waals surface area contributed by atoms with Crippen LogP contribution in [0.5, 0.6) is 0 Å². The maximum Gasteiger partial charge on any atom is 0.335 e. The number of furan rings is 1. The molecule has 13 unspecified atom stereocenters. The van der Waals surface area contributed by atoms with Crippen molar-refractivity contribution in [2.45, 2.75) is 94.6 Å². The predicted octanol–water partition coefficient (Wildman–Crippen LogP) is 1.43. The van der Waals surface area contributed by atoms with Crippen LogP contribution >= 0.6 is 0 Å². The Hall–Kier alpha value is -2.47. The van der Waals surface area contributed by atoms with E-state index in [1.165, 1.54) is 26.6 Å². The summed E-state index contributed by atoms with van der Waals surface area (Å²) in [6.07, 6.45) is -1.08. The van der Waals surface area contributed by atoms with Gasteiger partial charge in [-0.05, 0) is 25.3 Å². The van der Waals surface area contributed by atoms with Crippen LogP contribution in [0.2, 0.25) is 0 Å². The van der Waals surface area contributed by atoms with E-state index in [-0.39, 0.29) is 12.8 Å². The van der Waals surface area contributed by atoms with E-state index in [1.54, 1.807) is 13.0 Å². The van der Waals surface area contributed by atoms with Gasteiger partial charge in [0.1, 0.15) is 22.9 Å². The van der Waals surface area contributed by atoms with Crippen molar-refractivity contribution in [2.24, 2.45) is 34.0 Å². The van der Waals surface area contributed by atoms with E-state index in [9.17, 15) is 29.7 Å². The molecule has 3 N–H and O–H groups in total. The van der Waals surface area contributed by atoms with Crippen molar-refractivity contribution in [3.05, 3.63) is 24.2 Å². The van der Waals surface area contributed by atoms with Gasteiger partial charge in [0.15, 0.2) is 6.10 Å². The second-order valence-corrected chi connectivity index (χ2v) is 13.7. The Kier molecular flexibility index (Phi) is 4.94. The van der Waals surface area contributed by atoms with Crippen LogP contribution in [0.15, 0.2) is 23.0 Å². The lowest BCUT2D eigenvalue weighted by atomic mass is 9.45. The average molecular weight is 561 g/mol. The number of carbonyl (C=O) groups is 3. The van der Waals surface area contributed by atoms with Crippen molar-refractivity contribution in [3.8, 4) is 0 Å². The number of hydrogen-bond donors (Lipinski definition) is 3. The lowest BCUT2D eigenvalue weighted by Crippen LogP contribution is -2.72. The van der Waals surface area contributed by atoms with Gasteiger partial charge in [0.05, 0.1) is 44.2 Å². The Labute approximate surface area is 231 Å². The Morgan fingerprint density at radius 2 is 1.95 bits per heavy atom. The van der Waals surface area contributed by atoms with E-state index in [1.807, 2.05) is 13.8 Å². The zero-order chi connectivity index (χ0) is 28.8. The highest BCUT2D eigenvalue weighted by Crippen LogP contribution is 2.86. The number of ether oxygens (including phenoxy) is 4. The Bertz CT molecular complexity index is 1310. The molecule has 0 aromatic carbocycles. The maximum absolute atomic E-state index is 13.4. The van der Waals surface area contributed by atoms with E-state index < -0.39 is 93.1 Å². The van der Waals surface area contributed by atoms with Crippen LogP contribution in [0.4, 0.5) is 0 Å². The highest BCUT2D eigenvalue weighted by molar-refractivity contribution is 5.76. The second kappa shape index (κ2) is 7.48. The molecule has 6 aliphatic rings. The van der Waals surface area contributed by atoms with Crippen LogP contribution in [0.1, 0.15) is 65.0 Å². The molecule has 2 bridgehead atoms. The predicted molar refractivity (Wildman–Crippen MR) is 132 cm³/mol. The lowest BCUT2D eigenvalue weighted by molar-refractivity contribution is -0.298. The van der Waals surface area contributed by atoms with Gasteiger partial charge in [0.2, 0.25) is 0 Å². The molecule has 40 heavy (non-hydrogen) atoms. The first-order valence-corrected chi connectivity index (χ1v) is 13.9. The van der Waals surface area contributed by atoms with E-state index in [0.29, 0.717) is 18.4 Å². The highest BCUT2D eigenvalue weighted by atomic mass is 16.6. The van der Waals surface area contributed by atoms with E-state index in [2.05, 4.69) is 0 Å². The molecule has 2 aliphatic heterocycles. The first-order valence-electron chi connectivity index (χ1n) is 13.9. The Morgan fingerprint density at radius 3 is 2.58 bits per heavy atom. The summed E-state index contributed by atoms with van der Waals surface area (Å²) < 4.78 is 29.3. The summed E-state index contributed by atoms with van der Waals surface area (Å²) in [7, 11) is 1.18. The zero-order valence-corrected chi connectivity index (χ0v) is 23.2. The molecule has 0 amide bonds. The first kappa shape index (κ1) is 26.4. The van der Waals surface area contributed by atoms with Gasteiger partial charge in [-0.3, -0.25) is 9.59 Å². The Morgan fingerprint density at radius 1 is 1.23 bits per heavy atom. The summed E-state index contributed by atoms with van der Waals surface area (Å²) in [6.45, 7) is 6.83. The van der Waals surface area contributed by atoms with Crippen molar-refractivity contribution in [1.82, 2.24) is 0 Å². The van der Waals surface area contributed by atoms with Crippen molar-refractivity contribution in [3.63, 3.8) is 0 Å². The number of hydrogen-bond acceptors (Lipinski definition) is 11. The minimum absolute atomic E-state index is 0.0989. The van der Waals surface area contributed by atoms with Crippen molar-refractivity contribution >= 4 is 17.9 Å². The molecule has 1 spiro atoms. The topological polar surface area (TPSA) is 162 Å². The van der Waals surface area contributed by atoms with Gasteiger partial charge in [-0.1, -0.05) is 20.8 Å². The van der Waals surface area contributed by atoms with Gasteiger partial charge in [-0.25, -0.2) is 4.79 Å². The molecule has 4 aliphatic carbocycles. The molecule has 7 rings (SSSR count). The van der Waals surface area contributed by atoms with Crippen LogP contribution in [-0.4, -0.2) is 75.5 Å². The van der Waals surface area contributed by atoms with Gasteiger partial charge in [0, 0.05) is 40.6 Å². The van der Waals surface area contributed by atoms with Crippen molar-refractivity contribution < 1.29 is 53.1 Å². The molecule has 0 radical (unpaired) electrons. The average Bonchev–Trinajstić information content (AvgIpc) is 3.57. The molecule has 6 fully saturated rings. The third kappa shape index (κ3) is 2.41. The summed E-state index contributed by atoms with van der Waals surface area (Å²) in [5.74, 6) is -4.54. The fourth-order valence-electron chi connectivity index (χ4n) is 11.4. The van der Waals surface area contributed by atoms with Gasteiger partial charge in [-0.2, -0.15) is 0 Å². The van der Waals surface area contributed by atoms with Gasteiger partial charge in [0.25, 0.3) is 0 Å². The van der Waals surface area contributed by atoms with Crippen LogP contribution in [-0.2, 0) is 33.3 Å². The molecule has 2 saturated heterocycles. The molecular weight excluding hydrogens is 524 g/mol. The third-order valence-electron chi connectivity index (χ3n) is 12.5. The smallest absolute Gasteiger partial charge is 0.335 e. The normalized spacial score (nSPS) is 54.0. The third-order valence-corrected chi connectivity index (χ3v) is 12.5. The van der Waals surface area contributed by atoms with Crippen LogP contribution in [0, 0.1) is 34.0 Å². The van der Waals surface area contributed by atoms with Gasteiger partial charge in [-0.15, -0.1) is 0 Å². The monoisotopic (exact) mass is 560 g/mol. The highest BCUT2D eigenvalue weighted by Gasteiger charge is 2.96. The van der Waals surface area contributed by atoms with E-state index in [4.69, 9.17) is 23.4 Å². The number of aliphatic hydroxyl groups excluding tert-OH is 2. The standard InChI is InChI=1S/C29H36O11/c1-13(30)39-27-12-24(2)19(17(32)23(34)36-5)26(27,4)15-6-8-25(3)22(14-7-9-37-11-14)38-16(31)10-28(25)29(15,35)20(27)18(40-28)21(24)33/h7,9,11,15,17-22,32-33,35H,6,8,10,12H2,1-5H3. The zero-order valence-electron chi connectivity index (χ0n) is 23.2. The van der Waals surface area contributed by atoms with Crippen LogP contribution in [0.3, 0.4) is 0 Å². The quantitative estimate of drug-likeness (QED) is 0.361. The lowest BCUT2D eigenvalue weighted by Gasteiger charge is -2.63. The van der Waals surface area contributed by atoms with E-state index >= 15 is 0 Å². The fraction of sp³-hybridized carbons (Fsp3) is 0.759. The summed E-state index contributed by atoms with van der Waals surface area (Å²) in [6, 6.07) is 1.72. The first-order chi connectivity index (χ1) is 18.7. The number of esters is 3. The molecule has 1 aromatic rings. The molecule has 218 valence electrons. The molecule has 1 aromatic heterocycles. The van der Waals surface area contributed by atoms with Crippen molar-refractivity contribution in [2.75, 3.05) is 7.11 Å². The van der Waals surface area contributed by atoms with Crippen molar-refractivity contribution in [1.29, 1.82) is 0 Å². The second-order valence-electron chi connectivity index (χ2n) is 13.7. The van der Waals surface area contributed by atoms with E-state index in [0.717, 1.165) is 0 Å². The number of methoxy groups -OCH3 is 1. The molecule has 11 nitrogen and oxygen atoms in total. The summed E-state index contributed by atoms with van der Waals surface area (Å²) in [5, 5.41) is 36.8. The summed E-state index contributed by atoms with van der Waals surface area (Å²) >= 11 is 0. The van der Waals surface area contributed by atoms with Crippen LogP contribution < -0.4 is 0 Å². The van der Waals surface area contributed by atoms with Gasteiger partial charge < -0.3 is 38.7 Å². The Balaban J connectivity index is 1.52. The SMILES string of the molecule is COC(=O)C(O)C1C2(C)CC3(OC(C)=O)C4C(OC56CC(=O)OC(c7ccoc7)C5(C)CCC(C13C)C46O)C2O. The number of fused-ring (bicyclic) bond motifs is 2. The number of carbonyl (C=O) groups excluding carboxylic acids is 3. The minimum Gasteiger partial charge on any atom is -0.472 e. The molecule has 3 heterocycles. The molecule has 11 heteroatoms. The summed E-state index contributed by atoms with van der Waals surface area (Å²) in [4.78, 5) is 39.0. The largest absolute Gasteiger partial charge is 0.472 e. The summed E-state index contributed by atoms with van der Waals surface area (Å²) in [5.41, 5.74) is -7.33. The van der Waals surface area contributed by atoms with Crippen LogP contribution in [0.25, 0.3) is 0 Å². The van der Waals surface area contributed by atoms with Gasteiger partial charge >= 0.3 is 17.9 Å². The number of aliphatic hydroxyl groups is 3.